The highest BCUT2D eigenvalue weighted by atomic mass is 35.5. The zero-order valence-electron chi connectivity index (χ0n) is 20.7. The Morgan fingerprint density at radius 2 is 1.46 bits per heavy atom. The lowest BCUT2D eigenvalue weighted by Crippen LogP contribution is -2.42. The van der Waals surface area contributed by atoms with Crippen LogP contribution in [0.2, 0.25) is 5.02 Å². The standard InChI is InChI=1S/C29H26ClN3O5S/c30-23-12-14-24(15-13-23)39(37,38)33-27(28(34)35)18-21-11-16-25(22-9-5-2-6-10-22)26(17-21)32-29(36)31-19-20-7-3-1-4-8-20/h1-17,27,33H,18-19H2,(H,34,35)(H2,31,32,36). The zero-order chi connectivity index (χ0) is 27.8. The molecule has 0 radical (unpaired) electrons. The maximum absolute atomic E-state index is 12.8. The molecule has 0 aliphatic heterocycles. The fourth-order valence-corrected chi connectivity index (χ4v) is 5.24. The van der Waals surface area contributed by atoms with Gasteiger partial charge in [-0.25, -0.2) is 13.2 Å². The molecule has 10 heteroatoms. The van der Waals surface area contributed by atoms with Crippen molar-refractivity contribution in [2.24, 2.45) is 0 Å². The third-order valence-corrected chi connectivity index (χ3v) is 7.61. The summed E-state index contributed by atoms with van der Waals surface area (Å²) < 4.78 is 27.9. The molecule has 0 fully saturated rings. The number of aliphatic carboxylic acids is 1. The van der Waals surface area contributed by atoms with Gasteiger partial charge in [0.05, 0.1) is 10.6 Å². The first kappa shape index (κ1) is 27.8. The highest BCUT2D eigenvalue weighted by Crippen LogP contribution is 2.29. The molecule has 39 heavy (non-hydrogen) atoms. The Hall–Kier alpha value is -4.18. The normalized spacial score (nSPS) is 11.9. The van der Waals surface area contributed by atoms with Crippen LogP contribution in [0, 0.1) is 0 Å². The number of anilines is 1. The van der Waals surface area contributed by atoms with E-state index < -0.39 is 28.1 Å². The maximum Gasteiger partial charge on any atom is 0.322 e. The van der Waals surface area contributed by atoms with E-state index in [1.807, 2.05) is 60.7 Å². The van der Waals surface area contributed by atoms with Gasteiger partial charge in [0.2, 0.25) is 10.0 Å². The minimum Gasteiger partial charge on any atom is -0.480 e. The first-order valence-electron chi connectivity index (χ1n) is 12.0. The minimum absolute atomic E-state index is 0.102. The molecule has 4 aromatic rings. The molecule has 0 heterocycles. The van der Waals surface area contributed by atoms with E-state index in [4.69, 9.17) is 11.6 Å². The van der Waals surface area contributed by atoms with Crippen LogP contribution in [0.25, 0.3) is 11.1 Å². The lowest BCUT2D eigenvalue weighted by atomic mass is 9.98. The summed E-state index contributed by atoms with van der Waals surface area (Å²) in [6.07, 6.45) is -0.155. The molecule has 2 amide bonds. The summed E-state index contributed by atoms with van der Waals surface area (Å²) in [5.74, 6) is -1.34. The molecule has 4 N–H and O–H groups in total. The topological polar surface area (TPSA) is 125 Å². The van der Waals surface area contributed by atoms with Crippen molar-refractivity contribution in [3.8, 4) is 11.1 Å². The molecule has 0 saturated carbocycles. The van der Waals surface area contributed by atoms with Gasteiger partial charge in [0.25, 0.3) is 0 Å². The van der Waals surface area contributed by atoms with Crippen molar-refractivity contribution in [3.05, 3.63) is 119 Å². The van der Waals surface area contributed by atoms with Gasteiger partial charge in [-0.15, -0.1) is 0 Å². The van der Waals surface area contributed by atoms with Gasteiger partial charge in [-0.3, -0.25) is 4.79 Å². The predicted octanol–water partition coefficient (Wildman–Crippen LogP) is 5.30. The lowest BCUT2D eigenvalue weighted by Gasteiger charge is -2.18. The molecule has 0 saturated heterocycles. The van der Waals surface area contributed by atoms with Gasteiger partial charge >= 0.3 is 12.0 Å². The average Bonchev–Trinajstić information content (AvgIpc) is 2.93. The Bertz CT molecular complexity index is 1550. The van der Waals surface area contributed by atoms with E-state index >= 15 is 0 Å². The summed E-state index contributed by atoms with van der Waals surface area (Å²) in [6.45, 7) is 0.320. The number of rotatable bonds is 10. The van der Waals surface area contributed by atoms with E-state index in [1.54, 1.807) is 18.2 Å². The maximum atomic E-state index is 12.8. The van der Waals surface area contributed by atoms with Gasteiger partial charge in [-0.05, 0) is 53.4 Å². The van der Waals surface area contributed by atoms with Gasteiger partial charge in [0, 0.05) is 17.1 Å². The number of amides is 2. The van der Waals surface area contributed by atoms with Crippen LogP contribution in [0.4, 0.5) is 10.5 Å². The van der Waals surface area contributed by atoms with Crippen molar-refractivity contribution < 1.29 is 23.1 Å². The molecule has 4 rings (SSSR count). The Morgan fingerprint density at radius 3 is 2.10 bits per heavy atom. The number of carbonyl (C=O) groups excluding carboxylic acids is 1. The largest absolute Gasteiger partial charge is 0.480 e. The van der Waals surface area contributed by atoms with Gasteiger partial charge in [-0.2, -0.15) is 4.72 Å². The third-order valence-electron chi connectivity index (χ3n) is 5.87. The number of hydrogen-bond donors (Lipinski definition) is 4. The number of urea groups is 1. The van der Waals surface area contributed by atoms with Crippen LogP contribution in [0.5, 0.6) is 0 Å². The molecule has 0 aromatic heterocycles. The van der Waals surface area contributed by atoms with Crippen molar-refractivity contribution in [2.75, 3.05) is 5.32 Å². The molecule has 200 valence electrons. The monoisotopic (exact) mass is 563 g/mol. The van der Waals surface area contributed by atoms with Crippen LogP contribution in [0.3, 0.4) is 0 Å². The minimum atomic E-state index is -4.12. The zero-order valence-corrected chi connectivity index (χ0v) is 22.2. The molecule has 8 nitrogen and oxygen atoms in total. The molecular weight excluding hydrogens is 538 g/mol. The Kier molecular flexibility index (Phi) is 8.98. The van der Waals surface area contributed by atoms with Gasteiger partial charge < -0.3 is 15.7 Å². The summed E-state index contributed by atoms with van der Waals surface area (Å²) in [7, 11) is -4.12. The van der Waals surface area contributed by atoms with Gasteiger partial charge in [-0.1, -0.05) is 84.4 Å². The van der Waals surface area contributed by atoms with E-state index in [-0.39, 0.29) is 11.3 Å². The molecule has 0 aliphatic carbocycles. The second-order valence-corrected chi connectivity index (χ2v) is 10.9. The second kappa shape index (κ2) is 12.6. The first-order chi connectivity index (χ1) is 18.7. The van der Waals surface area contributed by atoms with Crippen molar-refractivity contribution in [1.82, 2.24) is 10.0 Å². The highest BCUT2D eigenvalue weighted by Gasteiger charge is 2.26. The number of hydrogen-bond acceptors (Lipinski definition) is 4. The van der Waals surface area contributed by atoms with Crippen molar-refractivity contribution in [1.29, 1.82) is 0 Å². The number of benzene rings is 4. The summed E-state index contributed by atoms with van der Waals surface area (Å²) in [5.41, 5.74) is 3.47. The lowest BCUT2D eigenvalue weighted by molar-refractivity contribution is -0.138. The van der Waals surface area contributed by atoms with Crippen LogP contribution in [0.15, 0.2) is 108 Å². The van der Waals surface area contributed by atoms with E-state index in [0.29, 0.717) is 22.8 Å². The number of carboxylic acids is 1. The molecule has 0 spiro atoms. The third kappa shape index (κ3) is 7.67. The van der Waals surface area contributed by atoms with Crippen LogP contribution >= 0.6 is 11.6 Å². The van der Waals surface area contributed by atoms with Crippen LogP contribution < -0.4 is 15.4 Å². The summed E-state index contributed by atoms with van der Waals surface area (Å²) in [6, 6.07) is 27.5. The first-order valence-corrected chi connectivity index (χ1v) is 13.9. The van der Waals surface area contributed by atoms with Gasteiger partial charge in [0.1, 0.15) is 6.04 Å². The molecule has 0 bridgehead atoms. The Morgan fingerprint density at radius 1 is 0.821 bits per heavy atom. The van der Waals surface area contributed by atoms with Gasteiger partial charge in [0.15, 0.2) is 0 Å². The van der Waals surface area contributed by atoms with Crippen molar-refractivity contribution in [2.45, 2.75) is 23.9 Å². The van der Waals surface area contributed by atoms with Crippen LogP contribution in [-0.2, 0) is 27.8 Å². The number of nitrogens with one attached hydrogen (secondary N) is 3. The second-order valence-electron chi connectivity index (χ2n) is 8.71. The molecule has 0 aliphatic rings. The van der Waals surface area contributed by atoms with Crippen molar-refractivity contribution >= 4 is 39.3 Å². The number of halogens is 1. The van der Waals surface area contributed by atoms with Crippen molar-refractivity contribution in [3.63, 3.8) is 0 Å². The average molecular weight is 564 g/mol. The fraction of sp³-hybridized carbons (Fsp3) is 0.103. The van der Waals surface area contributed by atoms with E-state index in [9.17, 15) is 23.1 Å². The van der Waals surface area contributed by atoms with E-state index in [2.05, 4.69) is 15.4 Å². The van der Waals surface area contributed by atoms with E-state index in [1.165, 1.54) is 24.3 Å². The number of carboxylic acid groups (broad SMARTS) is 1. The fourth-order valence-electron chi connectivity index (χ4n) is 3.92. The summed E-state index contributed by atoms with van der Waals surface area (Å²) in [4.78, 5) is 24.7. The molecule has 1 unspecified atom stereocenters. The Balaban J connectivity index is 1.57. The smallest absolute Gasteiger partial charge is 0.322 e. The summed E-state index contributed by atoms with van der Waals surface area (Å²) >= 11 is 5.84. The predicted molar refractivity (Wildman–Crippen MR) is 151 cm³/mol. The van der Waals surface area contributed by atoms with Crippen LogP contribution in [0.1, 0.15) is 11.1 Å². The quantitative estimate of drug-likeness (QED) is 0.208. The number of carbonyl (C=O) groups is 2. The molecular formula is C29H26ClN3O5S. The molecule has 1 atom stereocenters. The highest BCUT2D eigenvalue weighted by molar-refractivity contribution is 7.89. The summed E-state index contributed by atoms with van der Waals surface area (Å²) in [5, 5.41) is 15.8. The van der Waals surface area contributed by atoms with Crippen LogP contribution in [-0.4, -0.2) is 31.6 Å². The molecule has 4 aromatic carbocycles. The number of sulfonamides is 1. The Labute approximate surface area is 231 Å². The SMILES string of the molecule is O=C(NCc1ccccc1)Nc1cc(CC(NS(=O)(=O)c2ccc(Cl)cc2)C(=O)O)ccc1-c1ccccc1. The van der Waals surface area contributed by atoms with E-state index in [0.717, 1.165) is 16.7 Å².